The van der Waals surface area contributed by atoms with E-state index in [9.17, 15) is 0 Å². The SMILES string of the molecule is CC1(C)C2CC3C(CC2N2C4CCNCC4C4CCCC1C42)C(C)(C)C1CCCC2C4CNCCC4N3C21. The molecule has 6 aliphatic heterocycles. The normalized spacial score (nSPS) is 58.1. The Bertz CT molecular complexity index is 884. The van der Waals surface area contributed by atoms with E-state index >= 15 is 0 Å². The maximum absolute atomic E-state index is 3.86. The second-order valence-electron chi connectivity index (χ2n) is 17.2. The summed E-state index contributed by atoms with van der Waals surface area (Å²) in [5, 5.41) is 7.71. The van der Waals surface area contributed by atoms with Crippen molar-refractivity contribution >= 4 is 0 Å². The van der Waals surface area contributed by atoms with Gasteiger partial charge >= 0.3 is 0 Å². The number of rotatable bonds is 0. The summed E-state index contributed by atoms with van der Waals surface area (Å²) in [6.45, 7) is 16.2. The zero-order valence-corrected chi connectivity index (χ0v) is 24.9. The van der Waals surface area contributed by atoms with Crippen LogP contribution >= 0.6 is 0 Å². The third-order valence-electron chi connectivity index (χ3n) is 15.9. The van der Waals surface area contributed by atoms with Crippen molar-refractivity contribution in [2.24, 2.45) is 58.2 Å². The lowest BCUT2D eigenvalue weighted by Gasteiger charge is -2.68. The van der Waals surface area contributed by atoms with Gasteiger partial charge in [-0.05, 0) is 136 Å². The van der Waals surface area contributed by atoms with E-state index in [4.69, 9.17) is 0 Å². The van der Waals surface area contributed by atoms with E-state index in [-0.39, 0.29) is 0 Å². The molecule has 9 rings (SSSR count). The molecule has 0 amide bonds. The van der Waals surface area contributed by atoms with Crippen molar-refractivity contribution in [1.29, 1.82) is 0 Å². The standard InChI is InChI=1S/C34H56N4/c1-33(2)23-9-5-7-19-21-17-35-13-11-27(21)37(31(19)23)29-16-26-30(15-25(29)33)38-28-12-14-36-18-22(28)20-8-6-10-24(32(20)38)34(26,3)4/h19-32,35-36H,5-18H2,1-4H3. The molecule has 0 bridgehead atoms. The molecular formula is C34H56N4. The van der Waals surface area contributed by atoms with Gasteiger partial charge in [0.05, 0.1) is 0 Å². The quantitative estimate of drug-likeness (QED) is 0.471. The van der Waals surface area contributed by atoms with Crippen molar-refractivity contribution in [2.75, 3.05) is 26.2 Å². The second-order valence-corrected chi connectivity index (χ2v) is 17.2. The average Bonchev–Trinajstić information content (AvgIpc) is 3.44. The van der Waals surface area contributed by atoms with Gasteiger partial charge in [0.1, 0.15) is 0 Å². The molecule has 4 heteroatoms. The summed E-state index contributed by atoms with van der Waals surface area (Å²) < 4.78 is 0. The summed E-state index contributed by atoms with van der Waals surface area (Å²) in [7, 11) is 0. The molecule has 3 aliphatic carbocycles. The predicted molar refractivity (Wildman–Crippen MR) is 154 cm³/mol. The van der Waals surface area contributed by atoms with Crippen LogP contribution in [0.5, 0.6) is 0 Å². The average molecular weight is 521 g/mol. The van der Waals surface area contributed by atoms with E-state index < -0.39 is 0 Å². The Hall–Kier alpha value is -0.160. The summed E-state index contributed by atoms with van der Waals surface area (Å²) >= 11 is 0. The van der Waals surface area contributed by atoms with Crippen LogP contribution in [0.2, 0.25) is 0 Å². The van der Waals surface area contributed by atoms with Gasteiger partial charge in [-0.15, -0.1) is 0 Å². The minimum Gasteiger partial charge on any atom is -0.316 e. The molecule has 6 heterocycles. The Balaban J connectivity index is 1.14. The van der Waals surface area contributed by atoms with Crippen LogP contribution in [0.4, 0.5) is 0 Å². The third-order valence-corrected chi connectivity index (χ3v) is 15.9. The van der Waals surface area contributed by atoms with Crippen molar-refractivity contribution in [3.8, 4) is 0 Å². The van der Waals surface area contributed by atoms with Crippen molar-refractivity contribution in [3.05, 3.63) is 0 Å². The number of fused-ring (bicyclic) bond motifs is 10. The van der Waals surface area contributed by atoms with Gasteiger partial charge in [-0.25, -0.2) is 0 Å². The fourth-order valence-corrected chi connectivity index (χ4v) is 14.5. The maximum atomic E-state index is 3.86. The van der Waals surface area contributed by atoms with Gasteiger partial charge in [0.15, 0.2) is 0 Å². The minimum absolute atomic E-state index is 0.497. The smallest absolute Gasteiger partial charge is 0.0167 e. The summed E-state index contributed by atoms with van der Waals surface area (Å²) in [6, 6.07) is 5.25. The van der Waals surface area contributed by atoms with Crippen LogP contribution in [0.1, 0.15) is 91.9 Å². The van der Waals surface area contributed by atoms with Gasteiger partial charge < -0.3 is 10.6 Å². The molecule has 0 aromatic carbocycles. The molecule has 3 saturated carbocycles. The van der Waals surface area contributed by atoms with Crippen LogP contribution in [0, 0.1) is 58.2 Å². The number of hydrogen-bond acceptors (Lipinski definition) is 4. The molecular weight excluding hydrogens is 464 g/mol. The molecule has 9 fully saturated rings. The van der Waals surface area contributed by atoms with Gasteiger partial charge in [-0.3, -0.25) is 9.80 Å². The van der Waals surface area contributed by atoms with Crippen LogP contribution in [-0.4, -0.2) is 72.2 Å². The van der Waals surface area contributed by atoms with E-state index in [2.05, 4.69) is 48.1 Å². The first-order valence-corrected chi connectivity index (χ1v) is 17.4. The zero-order chi connectivity index (χ0) is 25.6. The van der Waals surface area contributed by atoms with E-state index in [0.717, 1.165) is 83.6 Å². The Morgan fingerprint density at radius 1 is 0.500 bits per heavy atom. The molecule has 0 spiro atoms. The molecule has 38 heavy (non-hydrogen) atoms. The number of hydrogen-bond donors (Lipinski definition) is 2. The van der Waals surface area contributed by atoms with Crippen LogP contribution < -0.4 is 10.6 Å². The van der Waals surface area contributed by atoms with Crippen LogP contribution in [0.3, 0.4) is 0 Å². The van der Waals surface area contributed by atoms with E-state index in [0.29, 0.717) is 10.8 Å². The Kier molecular flexibility index (Phi) is 5.29. The van der Waals surface area contributed by atoms with Crippen molar-refractivity contribution in [3.63, 3.8) is 0 Å². The Morgan fingerprint density at radius 3 is 1.39 bits per heavy atom. The third kappa shape index (κ3) is 2.93. The van der Waals surface area contributed by atoms with Gasteiger partial charge in [-0.2, -0.15) is 0 Å². The summed E-state index contributed by atoms with van der Waals surface area (Å²) in [5.41, 5.74) is 0.993. The summed E-state index contributed by atoms with van der Waals surface area (Å²) in [4.78, 5) is 6.63. The molecule has 4 nitrogen and oxygen atoms in total. The molecule has 212 valence electrons. The molecule has 0 aromatic heterocycles. The molecule has 0 aromatic rings. The van der Waals surface area contributed by atoms with Crippen molar-refractivity contribution < 1.29 is 0 Å². The molecule has 6 saturated heterocycles. The lowest BCUT2D eigenvalue weighted by atomic mass is 9.47. The minimum atomic E-state index is 0.497. The zero-order valence-electron chi connectivity index (χ0n) is 24.9. The molecule has 9 aliphatic rings. The highest BCUT2D eigenvalue weighted by molar-refractivity contribution is 5.22. The molecule has 14 unspecified atom stereocenters. The maximum Gasteiger partial charge on any atom is 0.0167 e. The molecule has 2 N–H and O–H groups in total. The van der Waals surface area contributed by atoms with Crippen LogP contribution in [0.15, 0.2) is 0 Å². The first-order chi connectivity index (χ1) is 18.4. The molecule has 0 radical (unpaired) electrons. The lowest BCUT2D eigenvalue weighted by Crippen LogP contribution is -2.72. The highest BCUT2D eigenvalue weighted by atomic mass is 15.3. The van der Waals surface area contributed by atoms with E-state index in [1.165, 1.54) is 90.4 Å². The summed E-state index contributed by atoms with van der Waals surface area (Å²) in [6.07, 6.45) is 14.9. The highest BCUT2D eigenvalue weighted by Gasteiger charge is 2.69. The number of nitrogens with zero attached hydrogens (tertiary/aromatic N) is 2. The van der Waals surface area contributed by atoms with E-state index in [1.54, 1.807) is 0 Å². The lowest BCUT2D eigenvalue weighted by molar-refractivity contribution is -0.191. The first-order valence-electron chi connectivity index (χ1n) is 17.4. The van der Waals surface area contributed by atoms with Crippen molar-refractivity contribution in [1.82, 2.24) is 20.4 Å². The fourth-order valence-electron chi connectivity index (χ4n) is 14.5. The fraction of sp³-hybridized carbons (Fsp3) is 1.00. The Labute approximate surface area is 232 Å². The topological polar surface area (TPSA) is 30.5 Å². The highest BCUT2D eigenvalue weighted by Crippen LogP contribution is 2.67. The monoisotopic (exact) mass is 520 g/mol. The van der Waals surface area contributed by atoms with Gasteiger partial charge in [0.25, 0.3) is 0 Å². The Morgan fingerprint density at radius 2 is 0.947 bits per heavy atom. The predicted octanol–water partition coefficient (Wildman–Crippen LogP) is 4.99. The molecule has 14 atom stereocenters. The largest absolute Gasteiger partial charge is 0.316 e. The number of piperidine rings is 4. The van der Waals surface area contributed by atoms with Crippen molar-refractivity contribution in [2.45, 2.75) is 128 Å². The van der Waals surface area contributed by atoms with Crippen LogP contribution in [-0.2, 0) is 0 Å². The van der Waals surface area contributed by atoms with Gasteiger partial charge in [0.2, 0.25) is 0 Å². The van der Waals surface area contributed by atoms with Crippen LogP contribution in [0.25, 0.3) is 0 Å². The second kappa shape index (κ2) is 8.23. The first kappa shape index (κ1) is 24.4. The van der Waals surface area contributed by atoms with Gasteiger partial charge in [-0.1, -0.05) is 40.5 Å². The van der Waals surface area contributed by atoms with E-state index in [1.807, 2.05) is 0 Å². The van der Waals surface area contributed by atoms with Gasteiger partial charge in [0, 0.05) is 36.3 Å². The summed E-state index contributed by atoms with van der Waals surface area (Å²) in [5.74, 6) is 7.47. The number of nitrogens with one attached hydrogen (secondary N) is 2.